The van der Waals surface area contributed by atoms with E-state index in [1.54, 1.807) is 29.2 Å². The minimum absolute atomic E-state index is 0.106. The van der Waals surface area contributed by atoms with Crippen LogP contribution in [0.1, 0.15) is 0 Å². The second-order valence-electron chi connectivity index (χ2n) is 2.90. The van der Waals surface area contributed by atoms with Crippen molar-refractivity contribution in [1.29, 1.82) is 0 Å². The van der Waals surface area contributed by atoms with Gasteiger partial charge in [-0.05, 0) is 12.1 Å². The predicted molar refractivity (Wildman–Crippen MR) is 48.9 cm³/mol. The molecule has 68 valence electrons. The first-order valence-corrected chi connectivity index (χ1v) is 4.12. The van der Waals surface area contributed by atoms with Crippen molar-refractivity contribution in [2.45, 2.75) is 0 Å². The molecule has 0 spiro atoms. The Morgan fingerprint density at radius 3 is 2.92 bits per heavy atom. The van der Waals surface area contributed by atoms with Gasteiger partial charge >= 0.3 is 6.03 Å². The number of carbonyl (C=O) groups excluding carboxylic acids is 1. The van der Waals surface area contributed by atoms with Crippen LogP contribution in [0.2, 0.25) is 0 Å². The van der Waals surface area contributed by atoms with E-state index in [0.29, 0.717) is 13.1 Å². The number of hydrogen-bond acceptors (Lipinski definition) is 2. The van der Waals surface area contributed by atoms with Gasteiger partial charge in [0.1, 0.15) is 5.75 Å². The van der Waals surface area contributed by atoms with E-state index in [1.165, 1.54) is 0 Å². The first kappa shape index (κ1) is 7.91. The summed E-state index contributed by atoms with van der Waals surface area (Å²) in [5, 5.41) is 11.9. The van der Waals surface area contributed by atoms with Crippen molar-refractivity contribution < 1.29 is 9.90 Å². The molecule has 0 bridgehead atoms. The summed E-state index contributed by atoms with van der Waals surface area (Å²) in [7, 11) is 0. The molecule has 1 fully saturated rings. The maximum atomic E-state index is 11.2. The second-order valence-corrected chi connectivity index (χ2v) is 2.90. The van der Waals surface area contributed by atoms with E-state index in [-0.39, 0.29) is 11.8 Å². The zero-order chi connectivity index (χ0) is 9.26. The Hall–Kier alpha value is -1.71. The van der Waals surface area contributed by atoms with Gasteiger partial charge in [-0.15, -0.1) is 0 Å². The number of benzene rings is 1. The van der Waals surface area contributed by atoms with Crippen LogP contribution in [0.3, 0.4) is 0 Å². The Labute approximate surface area is 75.8 Å². The van der Waals surface area contributed by atoms with Gasteiger partial charge in [0.25, 0.3) is 0 Å². The number of nitrogens with one attached hydrogen (secondary N) is 1. The Morgan fingerprint density at radius 2 is 2.31 bits per heavy atom. The molecule has 1 saturated heterocycles. The minimum atomic E-state index is -0.106. The fourth-order valence-electron chi connectivity index (χ4n) is 1.38. The lowest BCUT2D eigenvalue weighted by Gasteiger charge is -2.13. The van der Waals surface area contributed by atoms with Gasteiger partial charge in [-0.1, -0.05) is 6.07 Å². The van der Waals surface area contributed by atoms with Gasteiger partial charge in [-0.25, -0.2) is 4.79 Å². The largest absolute Gasteiger partial charge is 0.508 e. The monoisotopic (exact) mass is 178 g/mol. The Morgan fingerprint density at radius 1 is 1.46 bits per heavy atom. The molecule has 0 radical (unpaired) electrons. The molecule has 1 aliphatic rings. The van der Waals surface area contributed by atoms with Crippen molar-refractivity contribution in [3.05, 3.63) is 24.3 Å². The van der Waals surface area contributed by atoms with Gasteiger partial charge in [0.2, 0.25) is 0 Å². The smallest absolute Gasteiger partial charge is 0.321 e. The number of anilines is 1. The molecule has 1 aliphatic heterocycles. The molecule has 2 N–H and O–H groups in total. The molecule has 1 heterocycles. The van der Waals surface area contributed by atoms with E-state index >= 15 is 0 Å². The number of urea groups is 1. The van der Waals surface area contributed by atoms with Crippen molar-refractivity contribution in [2.75, 3.05) is 18.0 Å². The highest BCUT2D eigenvalue weighted by molar-refractivity contribution is 5.94. The SMILES string of the molecule is O=C1NCCN1c1cccc(O)c1. The van der Waals surface area contributed by atoms with Crippen LogP contribution >= 0.6 is 0 Å². The summed E-state index contributed by atoms with van der Waals surface area (Å²) in [4.78, 5) is 12.8. The van der Waals surface area contributed by atoms with Gasteiger partial charge < -0.3 is 10.4 Å². The lowest BCUT2D eigenvalue weighted by atomic mass is 10.3. The van der Waals surface area contributed by atoms with Crippen molar-refractivity contribution in [2.24, 2.45) is 0 Å². The summed E-state index contributed by atoms with van der Waals surface area (Å²) < 4.78 is 0. The molecular formula is C9H10N2O2. The number of phenols is 1. The Bertz CT molecular complexity index is 338. The molecule has 0 aliphatic carbocycles. The van der Waals surface area contributed by atoms with E-state index in [1.807, 2.05) is 0 Å². The number of amides is 2. The average molecular weight is 178 g/mol. The van der Waals surface area contributed by atoms with Crippen LogP contribution in [-0.4, -0.2) is 24.2 Å². The highest BCUT2D eigenvalue weighted by Gasteiger charge is 2.20. The average Bonchev–Trinajstić information content (AvgIpc) is 2.51. The fourth-order valence-corrected chi connectivity index (χ4v) is 1.38. The van der Waals surface area contributed by atoms with Crippen LogP contribution in [0, 0.1) is 0 Å². The molecule has 1 aromatic rings. The van der Waals surface area contributed by atoms with Crippen molar-refractivity contribution in [3.8, 4) is 5.75 Å². The van der Waals surface area contributed by atoms with E-state index < -0.39 is 0 Å². The maximum absolute atomic E-state index is 11.2. The van der Waals surface area contributed by atoms with Gasteiger partial charge in [0, 0.05) is 24.8 Å². The van der Waals surface area contributed by atoms with Gasteiger partial charge in [-0.3, -0.25) is 4.90 Å². The van der Waals surface area contributed by atoms with Crippen LogP contribution in [0.25, 0.3) is 0 Å². The summed E-state index contributed by atoms with van der Waals surface area (Å²) in [6, 6.07) is 6.56. The highest BCUT2D eigenvalue weighted by Crippen LogP contribution is 2.20. The first-order valence-electron chi connectivity index (χ1n) is 4.12. The van der Waals surface area contributed by atoms with Crippen molar-refractivity contribution >= 4 is 11.7 Å². The minimum Gasteiger partial charge on any atom is -0.508 e. The Kier molecular flexibility index (Phi) is 1.81. The van der Waals surface area contributed by atoms with Crippen molar-refractivity contribution in [1.82, 2.24) is 5.32 Å². The van der Waals surface area contributed by atoms with Gasteiger partial charge in [0.05, 0.1) is 0 Å². The van der Waals surface area contributed by atoms with Gasteiger partial charge in [0.15, 0.2) is 0 Å². The normalized spacial score (nSPS) is 16.0. The number of hydrogen-bond donors (Lipinski definition) is 2. The quantitative estimate of drug-likeness (QED) is 0.672. The summed E-state index contributed by atoms with van der Waals surface area (Å²) >= 11 is 0. The molecule has 4 heteroatoms. The number of nitrogens with zero attached hydrogens (tertiary/aromatic N) is 1. The number of phenolic OH excluding ortho intramolecular Hbond substituents is 1. The molecule has 1 aromatic carbocycles. The van der Waals surface area contributed by atoms with Crippen LogP contribution in [-0.2, 0) is 0 Å². The topological polar surface area (TPSA) is 52.6 Å². The number of carbonyl (C=O) groups is 1. The Balaban J connectivity index is 2.29. The highest BCUT2D eigenvalue weighted by atomic mass is 16.3. The van der Waals surface area contributed by atoms with E-state index in [4.69, 9.17) is 0 Å². The van der Waals surface area contributed by atoms with Crippen LogP contribution in [0.15, 0.2) is 24.3 Å². The standard InChI is InChI=1S/C9H10N2O2/c12-8-3-1-2-7(6-8)11-5-4-10-9(11)13/h1-3,6,12H,4-5H2,(H,10,13). The molecule has 2 rings (SSSR count). The number of rotatable bonds is 1. The summed E-state index contributed by atoms with van der Waals surface area (Å²) in [6.07, 6.45) is 0. The third-order valence-corrected chi connectivity index (χ3v) is 2.00. The lowest BCUT2D eigenvalue weighted by Crippen LogP contribution is -2.27. The van der Waals surface area contributed by atoms with E-state index in [2.05, 4.69) is 5.32 Å². The first-order chi connectivity index (χ1) is 6.27. The molecule has 0 atom stereocenters. The molecule has 0 saturated carbocycles. The van der Waals surface area contributed by atoms with Crippen LogP contribution in [0.4, 0.5) is 10.5 Å². The van der Waals surface area contributed by atoms with E-state index in [0.717, 1.165) is 5.69 Å². The molecular weight excluding hydrogens is 168 g/mol. The number of aromatic hydroxyl groups is 1. The maximum Gasteiger partial charge on any atom is 0.321 e. The molecule has 13 heavy (non-hydrogen) atoms. The zero-order valence-corrected chi connectivity index (χ0v) is 7.03. The molecule has 0 aromatic heterocycles. The fraction of sp³-hybridized carbons (Fsp3) is 0.222. The third-order valence-electron chi connectivity index (χ3n) is 2.00. The third kappa shape index (κ3) is 1.42. The summed E-state index contributed by atoms with van der Waals surface area (Å²) in [5.74, 6) is 0.178. The zero-order valence-electron chi connectivity index (χ0n) is 7.03. The lowest BCUT2D eigenvalue weighted by molar-refractivity contribution is 0.252. The van der Waals surface area contributed by atoms with Crippen LogP contribution in [0.5, 0.6) is 5.75 Å². The molecule has 4 nitrogen and oxygen atoms in total. The van der Waals surface area contributed by atoms with Gasteiger partial charge in [-0.2, -0.15) is 0 Å². The summed E-state index contributed by atoms with van der Waals surface area (Å²) in [5.41, 5.74) is 0.731. The van der Waals surface area contributed by atoms with E-state index in [9.17, 15) is 9.90 Å². The van der Waals surface area contributed by atoms with Crippen molar-refractivity contribution in [3.63, 3.8) is 0 Å². The molecule has 2 amide bonds. The van der Waals surface area contributed by atoms with Crippen LogP contribution < -0.4 is 10.2 Å². The molecule has 0 unspecified atom stereocenters. The predicted octanol–water partition coefficient (Wildman–Crippen LogP) is 0.922. The second kappa shape index (κ2) is 2.97. The summed E-state index contributed by atoms with van der Waals surface area (Å²) in [6.45, 7) is 1.32.